The van der Waals surface area contributed by atoms with Crippen molar-refractivity contribution in [1.82, 2.24) is 10.3 Å². The fourth-order valence-electron chi connectivity index (χ4n) is 2.04. The Labute approximate surface area is 125 Å². The molecule has 2 rings (SSSR count). The Balaban J connectivity index is 2.04. The van der Waals surface area contributed by atoms with E-state index in [4.69, 9.17) is 5.73 Å². The van der Waals surface area contributed by atoms with Gasteiger partial charge < -0.3 is 11.1 Å². The van der Waals surface area contributed by atoms with Crippen LogP contribution in [-0.4, -0.2) is 10.9 Å². The largest absolute Gasteiger partial charge is 0.399 e. The minimum atomic E-state index is -0.605. The minimum absolute atomic E-state index is 0.0205. The van der Waals surface area contributed by atoms with Gasteiger partial charge in [0, 0.05) is 24.1 Å². The summed E-state index contributed by atoms with van der Waals surface area (Å²) in [5, 5.41) is 2.96. The topological polar surface area (TPSA) is 68.0 Å². The van der Waals surface area contributed by atoms with Gasteiger partial charge >= 0.3 is 0 Å². The second kappa shape index (κ2) is 5.95. The van der Waals surface area contributed by atoms with E-state index in [1.807, 2.05) is 57.2 Å². The Morgan fingerprint density at radius 1 is 1.19 bits per heavy atom. The molecule has 0 spiro atoms. The van der Waals surface area contributed by atoms with Gasteiger partial charge in [0.15, 0.2) is 0 Å². The van der Waals surface area contributed by atoms with Crippen LogP contribution in [0.5, 0.6) is 0 Å². The van der Waals surface area contributed by atoms with Crippen molar-refractivity contribution in [3.63, 3.8) is 0 Å². The molecule has 0 saturated heterocycles. The van der Waals surface area contributed by atoms with Crippen molar-refractivity contribution >= 4 is 11.6 Å². The number of nitrogens with zero attached hydrogens (tertiary/aromatic N) is 1. The highest BCUT2D eigenvalue weighted by Crippen LogP contribution is 2.24. The molecule has 3 N–H and O–H groups in total. The standard InChI is InChI=1S/C17H21N3O/c1-12-4-5-13(10-19-12)11-20-16(21)17(2,3)14-6-8-15(18)9-7-14/h4-10H,11,18H2,1-3H3,(H,20,21). The van der Waals surface area contributed by atoms with Gasteiger partial charge in [-0.25, -0.2) is 0 Å². The first-order chi connectivity index (χ1) is 9.89. The monoisotopic (exact) mass is 283 g/mol. The number of carbonyl (C=O) groups is 1. The van der Waals surface area contributed by atoms with E-state index >= 15 is 0 Å². The number of aromatic nitrogens is 1. The molecule has 1 amide bonds. The third-order valence-electron chi connectivity index (χ3n) is 3.63. The number of nitrogen functional groups attached to an aromatic ring is 1. The van der Waals surface area contributed by atoms with Crippen molar-refractivity contribution in [2.75, 3.05) is 5.73 Å². The fourth-order valence-corrected chi connectivity index (χ4v) is 2.04. The predicted octanol–water partition coefficient (Wildman–Crippen LogP) is 2.57. The molecule has 0 bridgehead atoms. The molecule has 0 unspecified atom stereocenters. The van der Waals surface area contributed by atoms with Crippen LogP contribution in [0, 0.1) is 6.92 Å². The van der Waals surface area contributed by atoms with Crippen molar-refractivity contribution in [1.29, 1.82) is 0 Å². The molecule has 0 atom stereocenters. The summed E-state index contributed by atoms with van der Waals surface area (Å²) in [5.41, 5.74) is 8.67. The van der Waals surface area contributed by atoms with E-state index in [9.17, 15) is 4.79 Å². The van der Waals surface area contributed by atoms with E-state index in [-0.39, 0.29) is 5.91 Å². The first-order valence-electron chi connectivity index (χ1n) is 6.95. The number of amides is 1. The number of pyridine rings is 1. The molecule has 21 heavy (non-hydrogen) atoms. The summed E-state index contributed by atoms with van der Waals surface area (Å²) in [4.78, 5) is 16.6. The van der Waals surface area contributed by atoms with Crippen molar-refractivity contribution < 1.29 is 4.79 Å². The molecule has 1 aromatic heterocycles. The maximum atomic E-state index is 12.4. The van der Waals surface area contributed by atoms with Crippen LogP contribution in [0.4, 0.5) is 5.69 Å². The zero-order chi connectivity index (χ0) is 15.5. The average molecular weight is 283 g/mol. The average Bonchev–Trinajstić information content (AvgIpc) is 2.46. The lowest BCUT2D eigenvalue weighted by atomic mass is 9.83. The second-order valence-corrected chi connectivity index (χ2v) is 5.74. The predicted molar refractivity (Wildman–Crippen MR) is 84.7 cm³/mol. The van der Waals surface area contributed by atoms with E-state index in [1.54, 1.807) is 6.20 Å². The number of hydrogen-bond donors (Lipinski definition) is 2. The molecular formula is C17H21N3O. The van der Waals surface area contributed by atoms with Crippen LogP contribution in [0.25, 0.3) is 0 Å². The van der Waals surface area contributed by atoms with Gasteiger partial charge in [-0.2, -0.15) is 0 Å². The highest BCUT2D eigenvalue weighted by Gasteiger charge is 2.29. The third-order valence-corrected chi connectivity index (χ3v) is 3.63. The molecule has 0 aliphatic heterocycles. The number of anilines is 1. The second-order valence-electron chi connectivity index (χ2n) is 5.74. The number of rotatable bonds is 4. The molecular weight excluding hydrogens is 262 g/mol. The van der Waals surface area contributed by atoms with E-state index < -0.39 is 5.41 Å². The van der Waals surface area contributed by atoms with Gasteiger partial charge in [-0.3, -0.25) is 9.78 Å². The van der Waals surface area contributed by atoms with Gasteiger partial charge in [-0.05, 0) is 50.1 Å². The van der Waals surface area contributed by atoms with Gasteiger partial charge in [0.25, 0.3) is 0 Å². The third kappa shape index (κ3) is 3.60. The van der Waals surface area contributed by atoms with Gasteiger partial charge in [0.2, 0.25) is 5.91 Å². The summed E-state index contributed by atoms with van der Waals surface area (Å²) in [7, 11) is 0. The molecule has 0 fully saturated rings. The van der Waals surface area contributed by atoms with Crippen molar-refractivity contribution in [2.24, 2.45) is 0 Å². The molecule has 1 heterocycles. The van der Waals surface area contributed by atoms with Crippen LogP contribution >= 0.6 is 0 Å². The first-order valence-corrected chi connectivity index (χ1v) is 6.95. The number of nitrogens with two attached hydrogens (primary N) is 1. The summed E-state index contributed by atoms with van der Waals surface area (Å²) >= 11 is 0. The number of carbonyl (C=O) groups excluding carboxylic acids is 1. The number of aryl methyl sites for hydroxylation is 1. The minimum Gasteiger partial charge on any atom is -0.399 e. The Morgan fingerprint density at radius 3 is 2.43 bits per heavy atom. The number of hydrogen-bond acceptors (Lipinski definition) is 3. The van der Waals surface area contributed by atoms with Crippen LogP contribution in [-0.2, 0) is 16.8 Å². The van der Waals surface area contributed by atoms with Crippen LogP contribution < -0.4 is 11.1 Å². The fraction of sp³-hybridized carbons (Fsp3) is 0.294. The van der Waals surface area contributed by atoms with Crippen LogP contribution in [0.2, 0.25) is 0 Å². The molecule has 4 nitrogen and oxygen atoms in total. The summed E-state index contributed by atoms with van der Waals surface area (Å²) in [6, 6.07) is 11.3. The maximum absolute atomic E-state index is 12.4. The molecule has 0 aliphatic carbocycles. The van der Waals surface area contributed by atoms with Gasteiger partial charge in [-0.15, -0.1) is 0 Å². The van der Waals surface area contributed by atoms with Crippen molar-refractivity contribution in [3.05, 3.63) is 59.4 Å². The molecule has 0 saturated carbocycles. The van der Waals surface area contributed by atoms with Crippen LogP contribution in [0.3, 0.4) is 0 Å². The first kappa shape index (κ1) is 15.0. The Morgan fingerprint density at radius 2 is 1.86 bits per heavy atom. The molecule has 0 radical (unpaired) electrons. The summed E-state index contributed by atoms with van der Waals surface area (Å²) in [5.74, 6) is -0.0205. The summed E-state index contributed by atoms with van der Waals surface area (Å²) < 4.78 is 0. The van der Waals surface area contributed by atoms with Crippen molar-refractivity contribution in [2.45, 2.75) is 32.7 Å². The Hall–Kier alpha value is -2.36. The molecule has 0 aliphatic rings. The lowest BCUT2D eigenvalue weighted by molar-refractivity contribution is -0.125. The highest BCUT2D eigenvalue weighted by atomic mass is 16.2. The van der Waals surface area contributed by atoms with E-state index in [0.29, 0.717) is 12.2 Å². The van der Waals surface area contributed by atoms with E-state index in [0.717, 1.165) is 16.8 Å². The summed E-state index contributed by atoms with van der Waals surface area (Å²) in [6.45, 7) is 6.22. The quantitative estimate of drug-likeness (QED) is 0.847. The van der Waals surface area contributed by atoms with Crippen LogP contribution in [0.1, 0.15) is 30.7 Å². The lowest BCUT2D eigenvalue weighted by Crippen LogP contribution is -2.39. The van der Waals surface area contributed by atoms with Crippen molar-refractivity contribution in [3.8, 4) is 0 Å². The Bertz CT molecular complexity index is 615. The molecule has 2 aromatic rings. The van der Waals surface area contributed by atoms with Crippen LogP contribution in [0.15, 0.2) is 42.6 Å². The molecule has 4 heteroatoms. The summed E-state index contributed by atoms with van der Waals surface area (Å²) in [6.07, 6.45) is 1.78. The van der Waals surface area contributed by atoms with E-state index in [2.05, 4.69) is 10.3 Å². The zero-order valence-electron chi connectivity index (χ0n) is 12.7. The zero-order valence-corrected chi connectivity index (χ0v) is 12.7. The number of benzene rings is 1. The maximum Gasteiger partial charge on any atom is 0.230 e. The molecule has 110 valence electrons. The normalized spacial score (nSPS) is 11.2. The van der Waals surface area contributed by atoms with E-state index in [1.165, 1.54) is 0 Å². The number of nitrogens with one attached hydrogen (secondary N) is 1. The SMILES string of the molecule is Cc1ccc(CNC(=O)C(C)(C)c2ccc(N)cc2)cn1. The van der Waals surface area contributed by atoms with Gasteiger partial charge in [0.1, 0.15) is 0 Å². The lowest BCUT2D eigenvalue weighted by Gasteiger charge is -2.24. The molecule has 1 aromatic carbocycles. The van der Waals surface area contributed by atoms with Gasteiger partial charge in [0.05, 0.1) is 5.41 Å². The Kier molecular flexibility index (Phi) is 4.26. The smallest absolute Gasteiger partial charge is 0.230 e. The van der Waals surface area contributed by atoms with Gasteiger partial charge in [-0.1, -0.05) is 18.2 Å². The highest BCUT2D eigenvalue weighted by molar-refractivity contribution is 5.87.